The molecule has 0 atom stereocenters. The van der Waals surface area contributed by atoms with Crippen molar-refractivity contribution >= 4 is 0 Å². The van der Waals surface area contributed by atoms with E-state index in [1.54, 1.807) is 27.7 Å². The predicted molar refractivity (Wildman–Crippen MR) is 103 cm³/mol. The molecular formula is C20H27N5O2. The highest BCUT2D eigenvalue weighted by Gasteiger charge is 2.26. The van der Waals surface area contributed by atoms with E-state index in [9.17, 15) is 9.59 Å². The molecule has 1 saturated heterocycles. The molecule has 2 fully saturated rings. The molecule has 1 aliphatic heterocycles. The van der Waals surface area contributed by atoms with Gasteiger partial charge >= 0.3 is 0 Å². The third-order valence-corrected chi connectivity index (χ3v) is 5.69. The van der Waals surface area contributed by atoms with Gasteiger partial charge in [0.05, 0.1) is 12.0 Å². The summed E-state index contributed by atoms with van der Waals surface area (Å²) in [4.78, 5) is 30.7. The molecule has 1 aliphatic carbocycles. The minimum Gasteiger partial charge on any atom is -0.302 e. The lowest BCUT2D eigenvalue weighted by molar-refractivity contribution is 0.164. The van der Waals surface area contributed by atoms with Crippen LogP contribution in [0.25, 0.3) is 0 Å². The zero-order valence-corrected chi connectivity index (χ0v) is 15.9. The molecule has 0 aromatic carbocycles. The topological polar surface area (TPSA) is 73.0 Å². The van der Waals surface area contributed by atoms with Gasteiger partial charge in [0.15, 0.2) is 0 Å². The lowest BCUT2D eigenvalue weighted by Gasteiger charge is -2.32. The van der Waals surface area contributed by atoms with Crippen LogP contribution in [-0.4, -0.2) is 43.9 Å². The Hall–Kier alpha value is -2.28. The SMILES string of the molecule is Cc1cc(=O)n(CCN2CCC(Cn3nc(C4CC4)ccc3=O)CC2)cn1. The molecule has 27 heavy (non-hydrogen) atoms. The van der Waals surface area contributed by atoms with E-state index in [2.05, 4.69) is 15.0 Å². The van der Waals surface area contributed by atoms with Crippen molar-refractivity contribution in [1.29, 1.82) is 0 Å². The number of hydrogen-bond acceptors (Lipinski definition) is 5. The second-order valence-corrected chi connectivity index (χ2v) is 7.90. The monoisotopic (exact) mass is 369 g/mol. The number of aryl methyl sites for hydroxylation is 1. The number of hydrogen-bond donors (Lipinski definition) is 0. The summed E-state index contributed by atoms with van der Waals surface area (Å²) in [6.45, 7) is 6.06. The minimum atomic E-state index is 0.00748. The average molecular weight is 369 g/mol. The molecule has 4 rings (SSSR count). The number of likely N-dealkylation sites (tertiary alicyclic amines) is 1. The summed E-state index contributed by atoms with van der Waals surface area (Å²) in [5.74, 6) is 1.06. The highest BCUT2D eigenvalue weighted by Crippen LogP contribution is 2.38. The van der Waals surface area contributed by atoms with Crippen LogP contribution < -0.4 is 11.1 Å². The van der Waals surface area contributed by atoms with Gasteiger partial charge in [0.2, 0.25) is 0 Å². The van der Waals surface area contributed by atoms with Gasteiger partial charge in [-0.2, -0.15) is 5.10 Å². The van der Waals surface area contributed by atoms with Crippen LogP contribution in [0.15, 0.2) is 34.1 Å². The predicted octanol–water partition coefficient (Wildman–Crippen LogP) is 1.40. The molecule has 3 heterocycles. The van der Waals surface area contributed by atoms with E-state index in [0.717, 1.165) is 43.9 Å². The molecule has 2 aromatic heterocycles. The van der Waals surface area contributed by atoms with Crippen molar-refractivity contribution in [2.24, 2.45) is 5.92 Å². The van der Waals surface area contributed by atoms with Crippen molar-refractivity contribution < 1.29 is 0 Å². The summed E-state index contributed by atoms with van der Waals surface area (Å²) in [6, 6.07) is 5.14. The van der Waals surface area contributed by atoms with E-state index in [1.807, 2.05) is 13.0 Å². The van der Waals surface area contributed by atoms with Gasteiger partial charge in [-0.25, -0.2) is 9.67 Å². The zero-order chi connectivity index (χ0) is 18.8. The summed E-state index contributed by atoms with van der Waals surface area (Å²) < 4.78 is 3.34. The molecular weight excluding hydrogens is 342 g/mol. The number of aromatic nitrogens is 4. The van der Waals surface area contributed by atoms with Crippen molar-refractivity contribution in [2.75, 3.05) is 19.6 Å². The smallest absolute Gasteiger partial charge is 0.266 e. The standard InChI is InChI=1S/C20H27N5O2/c1-15-12-20(27)24(14-21-15)11-10-23-8-6-16(7-9-23)13-25-19(26)5-4-18(22-25)17-2-3-17/h4-5,12,14,16-17H,2-3,6-11,13H2,1H3. The van der Waals surface area contributed by atoms with Gasteiger partial charge in [-0.05, 0) is 57.7 Å². The van der Waals surface area contributed by atoms with Gasteiger partial charge < -0.3 is 4.90 Å². The van der Waals surface area contributed by atoms with Crippen LogP contribution in [0, 0.1) is 12.8 Å². The molecule has 2 aliphatic rings. The number of nitrogens with zero attached hydrogens (tertiary/aromatic N) is 5. The Morgan fingerprint density at radius 1 is 1.04 bits per heavy atom. The molecule has 0 radical (unpaired) electrons. The molecule has 0 amide bonds. The van der Waals surface area contributed by atoms with E-state index < -0.39 is 0 Å². The van der Waals surface area contributed by atoms with Gasteiger partial charge in [-0.15, -0.1) is 0 Å². The lowest BCUT2D eigenvalue weighted by atomic mass is 9.97. The van der Waals surface area contributed by atoms with E-state index in [4.69, 9.17) is 0 Å². The maximum absolute atomic E-state index is 12.1. The molecule has 1 saturated carbocycles. The van der Waals surface area contributed by atoms with Crippen LogP contribution in [0.2, 0.25) is 0 Å². The minimum absolute atomic E-state index is 0.00748. The normalized spacial score (nSPS) is 18.7. The van der Waals surface area contributed by atoms with Gasteiger partial charge in [0.1, 0.15) is 0 Å². The first-order valence-electron chi connectivity index (χ1n) is 9.92. The van der Waals surface area contributed by atoms with Crippen molar-refractivity contribution in [2.45, 2.75) is 51.6 Å². The van der Waals surface area contributed by atoms with Crippen molar-refractivity contribution in [3.05, 3.63) is 56.6 Å². The molecule has 7 nitrogen and oxygen atoms in total. The van der Waals surface area contributed by atoms with Gasteiger partial charge in [-0.3, -0.25) is 14.2 Å². The molecule has 0 unspecified atom stereocenters. The van der Waals surface area contributed by atoms with E-state index >= 15 is 0 Å². The second-order valence-electron chi connectivity index (χ2n) is 7.90. The highest BCUT2D eigenvalue weighted by molar-refractivity contribution is 5.12. The number of rotatable bonds is 6. The van der Waals surface area contributed by atoms with Crippen LogP contribution in [-0.2, 0) is 13.1 Å². The third kappa shape index (κ3) is 4.53. The van der Waals surface area contributed by atoms with Gasteiger partial charge in [0.25, 0.3) is 11.1 Å². The Morgan fingerprint density at radius 2 is 1.81 bits per heavy atom. The summed E-state index contributed by atoms with van der Waals surface area (Å²) in [7, 11) is 0. The first-order chi connectivity index (χ1) is 13.1. The summed E-state index contributed by atoms with van der Waals surface area (Å²) in [6.07, 6.45) is 6.15. The number of piperidine rings is 1. The summed E-state index contributed by atoms with van der Waals surface area (Å²) in [5.41, 5.74) is 1.85. The van der Waals surface area contributed by atoms with Gasteiger partial charge in [-0.1, -0.05) is 0 Å². The Labute approximate surface area is 158 Å². The fraction of sp³-hybridized carbons (Fsp3) is 0.600. The fourth-order valence-electron chi connectivity index (χ4n) is 3.76. The molecule has 144 valence electrons. The Balaban J connectivity index is 1.28. The molecule has 0 spiro atoms. The molecule has 0 N–H and O–H groups in total. The summed E-state index contributed by atoms with van der Waals surface area (Å²) in [5, 5.41) is 4.59. The first-order valence-corrected chi connectivity index (χ1v) is 9.92. The van der Waals surface area contributed by atoms with Crippen LogP contribution in [0.4, 0.5) is 0 Å². The average Bonchev–Trinajstić information content (AvgIpc) is 3.49. The molecule has 0 bridgehead atoms. The fourth-order valence-corrected chi connectivity index (χ4v) is 3.76. The third-order valence-electron chi connectivity index (χ3n) is 5.69. The maximum Gasteiger partial charge on any atom is 0.266 e. The van der Waals surface area contributed by atoms with Gasteiger partial charge in [0, 0.05) is 43.4 Å². The highest BCUT2D eigenvalue weighted by atomic mass is 16.1. The van der Waals surface area contributed by atoms with E-state index in [-0.39, 0.29) is 11.1 Å². The van der Waals surface area contributed by atoms with Crippen molar-refractivity contribution in [3.8, 4) is 0 Å². The maximum atomic E-state index is 12.1. The lowest BCUT2D eigenvalue weighted by Crippen LogP contribution is -2.39. The second kappa shape index (κ2) is 7.76. The summed E-state index contributed by atoms with van der Waals surface area (Å²) >= 11 is 0. The quantitative estimate of drug-likeness (QED) is 0.770. The van der Waals surface area contributed by atoms with Crippen molar-refractivity contribution in [1.82, 2.24) is 24.2 Å². The van der Waals surface area contributed by atoms with E-state index in [0.29, 0.717) is 24.9 Å². The van der Waals surface area contributed by atoms with Crippen LogP contribution >= 0.6 is 0 Å². The zero-order valence-electron chi connectivity index (χ0n) is 15.9. The first kappa shape index (κ1) is 18.1. The van der Waals surface area contributed by atoms with Crippen molar-refractivity contribution in [3.63, 3.8) is 0 Å². The van der Waals surface area contributed by atoms with Crippen LogP contribution in [0.5, 0.6) is 0 Å². The Morgan fingerprint density at radius 3 is 2.52 bits per heavy atom. The Kier molecular flexibility index (Phi) is 5.20. The van der Waals surface area contributed by atoms with Crippen LogP contribution in [0.1, 0.15) is 43.0 Å². The van der Waals surface area contributed by atoms with Crippen LogP contribution in [0.3, 0.4) is 0 Å². The molecule has 2 aromatic rings. The molecule has 7 heteroatoms. The van der Waals surface area contributed by atoms with E-state index in [1.165, 1.54) is 12.8 Å². The Bertz CT molecular complexity index is 907. The largest absolute Gasteiger partial charge is 0.302 e.